The molecular formula is C55H22F18N4O8. The van der Waals surface area contributed by atoms with Crippen LogP contribution in [0.4, 0.5) is 102 Å². The molecule has 0 saturated heterocycles. The first-order valence-corrected chi connectivity index (χ1v) is 23.5. The van der Waals surface area contributed by atoms with Crippen LogP contribution in [0.2, 0.25) is 0 Å². The summed E-state index contributed by atoms with van der Waals surface area (Å²) in [7, 11) is 0. The molecule has 436 valence electrons. The summed E-state index contributed by atoms with van der Waals surface area (Å²) in [5, 5.41) is 0. The van der Waals surface area contributed by atoms with Gasteiger partial charge in [0.15, 0.2) is 0 Å². The number of rotatable bonds is 8. The zero-order chi connectivity index (χ0) is 62.4. The molecule has 0 aromatic heterocycles. The Morgan fingerprint density at radius 3 is 0.706 bits per heavy atom. The fourth-order valence-corrected chi connectivity index (χ4v) is 10.3. The van der Waals surface area contributed by atoms with Gasteiger partial charge in [-0.25, -0.2) is 19.6 Å². The maximum atomic E-state index is 15.7. The Hall–Kier alpha value is -9.90. The van der Waals surface area contributed by atoms with Crippen LogP contribution in [0.1, 0.15) is 74.8 Å². The molecular weight excluding hydrogens is 1190 g/mol. The third kappa shape index (κ3) is 9.25. The molecule has 6 aromatic carbocycles. The highest BCUT2D eigenvalue weighted by Crippen LogP contribution is 2.58. The van der Waals surface area contributed by atoms with Crippen molar-refractivity contribution in [2.75, 3.05) is 19.6 Å². The summed E-state index contributed by atoms with van der Waals surface area (Å²) >= 11 is 0. The van der Waals surface area contributed by atoms with Crippen LogP contribution >= 0.6 is 0 Å². The number of alkyl halides is 18. The van der Waals surface area contributed by atoms with Crippen molar-refractivity contribution in [2.45, 2.75) is 42.5 Å². The molecule has 0 atom stereocenters. The number of benzene rings is 6. The maximum absolute atomic E-state index is 15.7. The van der Waals surface area contributed by atoms with Gasteiger partial charge in [0.25, 0.3) is 47.3 Å². The maximum Gasteiger partial charge on any atom is 0.417 e. The number of hydrogen-bond acceptors (Lipinski definition) is 8. The van der Waals surface area contributed by atoms with Gasteiger partial charge in [-0.2, -0.15) is 79.0 Å². The summed E-state index contributed by atoms with van der Waals surface area (Å²) in [6.07, 6.45) is -32.8. The number of amides is 8. The molecule has 85 heavy (non-hydrogen) atoms. The molecule has 0 saturated carbocycles. The molecule has 0 fully saturated rings. The zero-order valence-corrected chi connectivity index (χ0v) is 41.1. The first-order valence-electron chi connectivity index (χ1n) is 23.5. The Balaban J connectivity index is 1.02. The van der Waals surface area contributed by atoms with Crippen molar-refractivity contribution in [3.63, 3.8) is 0 Å². The first kappa shape index (κ1) is 58.3. The van der Waals surface area contributed by atoms with E-state index in [1.807, 2.05) is 0 Å². The van der Waals surface area contributed by atoms with Crippen molar-refractivity contribution in [2.24, 2.45) is 0 Å². The lowest BCUT2D eigenvalue weighted by Crippen LogP contribution is -2.55. The van der Waals surface area contributed by atoms with Crippen LogP contribution in [0.5, 0.6) is 0 Å². The highest BCUT2D eigenvalue weighted by atomic mass is 19.4. The second-order valence-electron chi connectivity index (χ2n) is 18.8. The number of halogens is 18. The molecule has 10 rings (SSSR count). The van der Waals surface area contributed by atoms with E-state index in [4.69, 9.17) is 0 Å². The quantitative estimate of drug-likeness (QED) is 0.108. The van der Waals surface area contributed by atoms with Crippen LogP contribution in [0.25, 0.3) is 22.3 Å². The van der Waals surface area contributed by atoms with Crippen LogP contribution in [0, 0.1) is 0 Å². The second-order valence-corrected chi connectivity index (χ2v) is 18.8. The Morgan fingerprint density at radius 2 is 0.471 bits per heavy atom. The summed E-state index contributed by atoms with van der Waals surface area (Å²) in [5.41, 5.74) is -30.5. The van der Waals surface area contributed by atoms with Crippen LogP contribution < -0.4 is 19.6 Å². The monoisotopic (exact) mass is 1210 g/mol. The SMILES string of the molecule is O=C1C=CC(=O)N1c1ccc(-c2ccc(N3C(=O)c4ccc(C(c5ccc6c(c5)C(=O)N(c5ccc(-c7ccc(N8C(=O)C=CC8=O)cc7C(F)(F)F)c(C(F)(F)F)c5)C6=O)(C(F)(F)F)C(F)(F)F)cc4C3=O)cc2C(F)(F)F)c(C(F)(F)F)c1. The lowest BCUT2D eigenvalue weighted by atomic mass is 9.71. The van der Waals surface area contributed by atoms with Crippen molar-refractivity contribution in [1.82, 2.24) is 0 Å². The molecule has 0 spiro atoms. The minimum Gasteiger partial charge on any atom is -0.269 e. The summed E-state index contributed by atoms with van der Waals surface area (Å²) in [5.74, 6) is -11.6. The minimum atomic E-state index is -6.63. The average molecular weight is 1210 g/mol. The summed E-state index contributed by atoms with van der Waals surface area (Å²) in [6, 6.07) is 4.51. The van der Waals surface area contributed by atoms with Gasteiger partial charge < -0.3 is 0 Å². The summed E-state index contributed by atoms with van der Waals surface area (Å²) in [6.45, 7) is 0. The van der Waals surface area contributed by atoms with Crippen LogP contribution in [-0.2, 0) is 49.3 Å². The highest BCUT2D eigenvalue weighted by molar-refractivity contribution is 6.36. The number of imide groups is 4. The molecule has 4 heterocycles. The van der Waals surface area contributed by atoms with Crippen molar-refractivity contribution in [3.05, 3.63) is 189 Å². The number of hydrogen-bond donors (Lipinski definition) is 0. The van der Waals surface area contributed by atoms with Gasteiger partial charge in [0.05, 0.1) is 67.3 Å². The van der Waals surface area contributed by atoms with Gasteiger partial charge in [-0.3, -0.25) is 38.4 Å². The molecule has 0 radical (unpaired) electrons. The second kappa shape index (κ2) is 19.1. The number of anilines is 4. The molecule has 4 aliphatic heterocycles. The molecule has 6 aromatic rings. The normalized spacial score (nSPS) is 16.1. The van der Waals surface area contributed by atoms with E-state index in [0.29, 0.717) is 72.8 Å². The smallest absolute Gasteiger partial charge is 0.269 e. The van der Waals surface area contributed by atoms with Crippen molar-refractivity contribution >= 4 is 70.0 Å². The summed E-state index contributed by atoms with van der Waals surface area (Å²) < 4.78 is 270. The largest absolute Gasteiger partial charge is 0.417 e. The van der Waals surface area contributed by atoms with E-state index in [1.54, 1.807) is 0 Å². The predicted molar refractivity (Wildman–Crippen MR) is 255 cm³/mol. The fourth-order valence-electron chi connectivity index (χ4n) is 10.3. The van der Waals surface area contributed by atoms with E-state index in [1.165, 1.54) is 0 Å². The van der Waals surface area contributed by atoms with E-state index < -0.39 is 190 Å². The van der Waals surface area contributed by atoms with Crippen LogP contribution in [0.3, 0.4) is 0 Å². The number of carbonyl (C=O) groups is 8. The molecule has 8 amide bonds. The van der Waals surface area contributed by atoms with E-state index in [-0.39, 0.29) is 80.3 Å². The van der Waals surface area contributed by atoms with Crippen molar-refractivity contribution in [1.29, 1.82) is 0 Å². The van der Waals surface area contributed by atoms with E-state index in [9.17, 15) is 91.0 Å². The van der Waals surface area contributed by atoms with Gasteiger partial charge in [-0.05, 0) is 106 Å². The third-order valence-corrected chi connectivity index (χ3v) is 14.0. The highest BCUT2D eigenvalue weighted by Gasteiger charge is 2.73. The molecule has 0 N–H and O–H groups in total. The molecule has 12 nitrogen and oxygen atoms in total. The first-order chi connectivity index (χ1) is 39.3. The van der Waals surface area contributed by atoms with Crippen molar-refractivity contribution in [3.8, 4) is 22.3 Å². The lowest BCUT2D eigenvalue weighted by Gasteiger charge is -2.38. The topological polar surface area (TPSA) is 150 Å². The zero-order valence-electron chi connectivity index (χ0n) is 41.1. The Morgan fingerprint density at radius 1 is 0.247 bits per heavy atom. The predicted octanol–water partition coefficient (Wildman–Crippen LogP) is 13.0. The molecule has 30 heteroatoms. The molecule has 0 unspecified atom stereocenters. The lowest BCUT2D eigenvalue weighted by molar-refractivity contribution is -0.288. The summed E-state index contributed by atoms with van der Waals surface area (Å²) in [4.78, 5) is 104. The Labute approximate surface area is 460 Å². The van der Waals surface area contributed by atoms with Crippen LogP contribution in [0.15, 0.2) is 133 Å². The van der Waals surface area contributed by atoms with E-state index >= 15 is 26.3 Å². The van der Waals surface area contributed by atoms with Gasteiger partial charge in [-0.1, -0.05) is 36.4 Å². The third-order valence-electron chi connectivity index (χ3n) is 14.0. The van der Waals surface area contributed by atoms with Gasteiger partial charge >= 0.3 is 37.1 Å². The molecule has 4 aliphatic rings. The van der Waals surface area contributed by atoms with Gasteiger partial charge in [-0.15, -0.1) is 0 Å². The molecule has 0 bridgehead atoms. The molecule has 0 aliphatic carbocycles. The minimum absolute atomic E-state index is 0.0214. The standard InChI is InChI=1S/C55H22F18N4O8/c56-50(57,58)37-19-25(74-41(78)13-14-42(74)79)3-9-29(37)31-11-5-27(21-39(31)52(62,63)64)76-45(82)33-7-1-23(17-35(33)47(76)84)49(54(68,69)70,55(71,72)73)24-2-8-34-36(18-24)48(85)77(46(34)83)28-6-12-32(40(22-28)53(65,66)67)30-10-4-26(20-38(30)51(59,60)61)75-43(80)15-16-44(75)81/h1-22H. The van der Waals surface area contributed by atoms with Gasteiger partial charge in [0.1, 0.15) is 0 Å². The average Bonchev–Trinajstić information content (AvgIpc) is 1.83. The fraction of sp³-hybridized carbons (Fsp3) is 0.127. The van der Waals surface area contributed by atoms with Gasteiger partial charge in [0, 0.05) is 24.3 Å². The Kier molecular flexibility index (Phi) is 13.1. The number of nitrogens with zero attached hydrogens (tertiary/aromatic N) is 4. The Bertz CT molecular complexity index is 3800. The van der Waals surface area contributed by atoms with Crippen LogP contribution in [-0.4, -0.2) is 59.6 Å². The van der Waals surface area contributed by atoms with E-state index in [2.05, 4.69) is 0 Å². The van der Waals surface area contributed by atoms with Gasteiger partial charge in [0.2, 0.25) is 5.41 Å². The van der Waals surface area contributed by atoms with E-state index in [0.717, 1.165) is 0 Å². The number of fused-ring (bicyclic) bond motifs is 2. The number of carbonyl (C=O) groups excluding carboxylic acids is 8. The van der Waals surface area contributed by atoms with Crippen molar-refractivity contribution < 1.29 is 117 Å².